The van der Waals surface area contributed by atoms with Crippen molar-refractivity contribution >= 4 is 29.1 Å². The van der Waals surface area contributed by atoms with E-state index in [2.05, 4.69) is 8.75 Å². The average Bonchev–Trinajstić information content (AvgIpc) is 2.51. The molecule has 0 radical (unpaired) electrons. The van der Waals surface area contributed by atoms with Crippen molar-refractivity contribution in [2.45, 2.75) is 6.10 Å². The lowest BCUT2D eigenvalue weighted by Gasteiger charge is -2.19. The van der Waals surface area contributed by atoms with Gasteiger partial charge >= 0.3 is 0 Å². The van der Waals surface area contributed by atoms with Crippen molar-refractivity contribution in [3.8, 4) is 0 Å². The van der Waals surface area contributed by atoms with Gasteiger partial charge in [0, 0.05) is 20.7 Å². The zero-order chi connectivity index (χ0) is 10.6. The van der Waals surface area contributed by atoms with Crippen LogP contribution in [-0.4, -0.2) is 47.3 Å². The van der Waals surface area contributed by atoms with Crippen molar-refractivity contribution in [2.75, 3.05) is 32.2 Å². The molecule has 0 aromatic carbocycles. The summed E-state index contributed by atoms with van der Waals surface area (Å²) in [6.07, 6.45) is -0.553. The number of anilines is 1. The molecular formula is C7H12ClN3O2S. The smallest absolute Gasteiger partial charge is 0.187 e. The molecule has 1 N–H and O–H groups in total. The van der Waals surface area contributed by atoms with E-state index >= 15 is 0 Å². The van der Waals surface area contributed by atoms with Gasteiger partial charge in [0.2, 0.25) is 0 Å². The second kappa shape index (κ2) is 5.45. The molecule has 1 aromatic rings. The van der Waals surface area contributed by atoms with Crippen LogP contribution in [0.25, 0.3) is 0 Å². The number of aliphatic hydroxyl groups is 1. The molecule has 5 nitrogen and oxygen atoms in total. The van der Waals surface area contributed by atoms with Gasteiger partial charge in [0.15, 0.2) is 11.0 Å². The largest absolute Gasteiger partial charge is 0.389 e. The van der Waals surface area contributed by atoms with Gasteiger partial charge in [0.05, 0.1) is 24.4 Å². The maximum atomic E-state index is 9.45. The van der Waals surface area contributed by atoms with E-state index in [1.165, 1.54) is 0 Å². The fourth-order valence-electron chi connectivity index (χ4n) is 1.05. The van der Waals surface area contributed by atoms with Gasteiger partial charge in [-0.1, -0.05) is 11.6 Å². The van der Waals surface area contributed by atoms with Gasteiger partial charge < -0.3 is 14.7 Å². The van der Waals surface area contributed by atoms with Crippen LogP contribution in [0, 0.1) is 0 Å². The Labute approximate surface area is 91.6 Å². The summed E-state index contributed by atoms with van der Waals surface area (Å²) >= 11 is 6.83. The molecule has 1 unspecified atom stereocenters. The summed E-state index contributed by atoms with van der Waals surface area (Å²) in [5.74, 6) is 0.590. The Kier molecular flexibility index (Phi) is 4.53. The van der Waals surface area contributed by atoms with Crippen molar-refractivity contribution < 1.29 is 9.84 Å². The highest BCUT2D eigenvalue weighted by Gasteiger charge is 2.14. The third-order valence-electron chi connectivity index (χ3n) is 1.64. The quantitative estimate of drug-likeness (QED) is 0.814. The molecule has 0 aliphatic rings. The SMILES string of the molecule is COCC(O)CN(C)c1nsnc1Cl. The summed E-state index contributed by atoms with van der Waals surface area (Å²) in [5.41, 5.74) is 0. The van der Waals surface area contributed by atoms with Gasteiger partial charge in [0.1, 0.15) is 0 Å². The first kappa shape index (κ1) is 11.6. The molecule has 0 saturated carbocycles. The Morgan fingerprint density at radius 3 is 2.86 bits per heavy atom. The van der Waals surface area contributed by atoms with Crippen LogP contribution >= 0.6 is 23.3 Å². The minimum atomic E-state index is -0.553. The summed E-state index contributed by atoms with van der Waals surface area (Å²) in [4.78, 5) is 1.75. The highest BCUT2D eigenvalue weighted by Crippen LogP contribution is 2.21. The minimum absolute atomic E-state index is 0.291. The number of aliphatic hydroxyl groups excluding tert-OH is 1. The van der Waals surface area contributed by atoms with E-state index in [1.807, 2.05) is 0 Å². The lowest BCUT2D eigenvalue weighted by molar-refractivity contribution is 0.0694. The normalized spacial score (nSPS) is 12.9. The summed E-state index contributed by atoms with van der Waals surface area (Å²) in [6.45, 7) is 0.707. The van der Waals surface area contributed by atoms with E-state index in [1.54, 1.807) is 19.1 Å². The van der Waals surface area contributed by atoms with Gasteiger partial charge in [-0.15, -0.1) is 0 Å². The van der Waals surface area contributed by atoms with Crippen LogP contribution in [0.15, 0.2) is 0 Å². The fourth-order valence-corrected chi connectivity index (χ4v) is 1.87. The number of nitrogens with zero attached hydrogens (tertiary/aromatic N) is 3. The zero-order valence-corrected chi connectivity index (χ0v) is 9.55. The van der Waals surface area contributed by atoms with Crippen LogP contribution in [0.4, 0.5) is 5.82 Å². The third kappa shape index (κ3) is 3.06. The standard InChI is InChI=1S/C7H12ClN3O2S/c1-11(3-5(12)4-13-2)7-6(8)9-14-10-7/h5,12H,3-4H2,1-2H3. The lowest BCUT2D eigenvalue weighted by Crippen LogP contribution is -2.32. The maximum Gasteiger partial charge on any atom is 0.187 e. The molecule has 1 heterocycles. The molecule has 1 atom stereocenters. The van der Waals surface area contributed by atoms with E-state index in [0.717, 1.165) is 11.7 Å². The molecule has 0 aliphatic heterocycles. The summed E-state index contributed by atoms with van der Waals surface area (Å²) in [7, 11) is 3.34. The van der Waals surface area contributed by atoms with Crippen LogP contribution in [0.5, 0.6) is 0 Å². The highest BCUT2D eigenvalue weighted by atomic mass is 35.5. The number of hydrogen-bond donors (Lipinski definition) is 1. The predicted octanol–water partition coefficient (Wildman–Crippen LogP) is 0.635. The molecular weight excluding hydrogens is 226 g/mol. The number of halogens is 1. The molecule has 1 aromatic heterocycles. The topological polar surface area (TPSA) is 58.5 Å². The number of likely N-dealkylation sites (N-methyl/N-ethyl adjacent to an activating group) is 1. The van der Waals surface area contributed by atoms with E-state index in [9.17, 15) is 5.11 Å². The Hall–Kier alpha value is -0.430. The number of methoxy groups -OCH3 is 1. The molecule has 80 valence electrons. The molecule has 0 aliphatic carbocycles. The molecule has 0 saturated heterocycles. The Bertz CT molecular complexity index is 284. The first-order valence-electron chi connectivity index (χ1n) is 4.01. The number of hydrogen-bond acceptors (Lipinski definition) is 6. The molecule has 7 heteroatoms. The fraction of sp³-hybridized carbons (Fsp3) is 0.714. The van der Waals surface area contributed by atoms with E-state index in [-0.39, 0.29) is 0 Å². The van der Waals surface area contributed by atoms with Gasteiger partial charge in [-0.25, -0.2) is 0 Å². The number of aromatic nitrogens is 2. The lowest BCUT2D eigenvalue weighted by atomic mass is 10.3. The molecule has 0 fully saturated rings. The van der Waals surface area contributed by atoms with Crippen LogP contribution in [0.2, 0.25) is 5.15 Å². The highest BCUT2D eigenvalue weighted by molar-refractivity contribution is 6.99. The second-order valence-electron chi connectivity index (χ2n) is 2.87. The Balaban J connectivity index is 2.50. The monoisotopic (exact) mass is 237 g/mol. The molecule has 1 rings (SSSR count). The van der Waals surface area contributed by atoms with Crippen molar-refractivity contribution in [3.05, 3.63) is 5.15 Å². The van der Waals surface area contributed by atoms with Crippen LogP contribution in [0.3, 0.4) is 0 Å². The van der Waals surface area contributed by atoms with E-state index in [0.29, 0.717) is 24.1 Å². The predicted molar refractivity (Wildman–Crippen MR) is 56.1 cm³/mol. The van der Waals surface area contributed by atoms with Gasteiger partial charge in [-0.2, -0.15) is 8.75 Å². The third-order valence-corrected chi connectivity index (χ3v) is 2.51. The van der Waals surface area contributed by atoms with Crippen LogP contribution in [0.1, 0.15) is 0 Å². The van der Waals surface area contributed by atoms with Gasteiger partial charge in [0.25, 0.3) is 0 Å². The molecule has 14 heavy (non-hydrogen) atoms. The van der Waals surface area contributed by atoms with Crippen LogP contribution in [-0.2, 0) is 4.74 Å². The van der Waals surface area contributed by atoms with E-state index in [4.69, 9.17) is 16.3 Å². The van der Waals surface area contributed by atoms with Crippen molar-refractivity contribution in [3.63, 3.8) is 0 Å². The molecule has 0 amide bonds. The minimum Gasteiger partial charge on any atom is -0.389 e. The Morgan fingerprint density at radius 2 is 2.36 bits per heavy atom. The van der Waals surface area contributed by atoms with Crippen molar-refractivity contribution in [1.82, 2.24) is 8.75 Å². The molecule has 0 bridgehead atoms. The van der Waals surface area contributed by atoms with E-state index < -0.39 is 6.10 Å². The number of ether oxygens (including phenoxy) is 1. The number of rotatable bonds is 5. The summed E-state index contributed by atoms with van der Waals surface area (Å²) in [6, 6.07) is 0. The Morgan fingerprint density at radius 1 is 1.64 bits per heavy atom. The first-order chi connectivity index (χ1) is 6.65. The van der Waals surface area contributed by atoms with Gasteiger partial charge in [-0.3, -0.25) is 0 Å². The second-order valence-corrected chi connectivity index (χ2v) is 3.75. The first-order valence-corrected chi connectivity index (χ1v) is 5.12. The average molecular weight is 238 g/mol. The molecule has 0 spiro atoms. The summed E-state index contributed by atoms with van der Waals surface area (Å²) < 4.78 is 12.6. The van der Waals surface area contributed by atoms with Crippen molar-refractivity contribution in [2.24, 2.45) is 0 Å². The maximum absolute atomic E-state index is 9.45. The van der Waals surface area contributed by atoms with Crippen LogP contribution < -0.4 is 4.90 Å². The zero-order valence-electron chi connectivity index (χ0n) is 7.97. The van der Waals surface area contributed by atoms with Gasteiger partial charge in [-0.05, 0) is 0 Å². The van der Waals surface area contributed by atoms with Crippen molar-refractivity contribution in [1.29, 1.82) is 0 Å². The summed E-state index contributed by atoms with van der Waals surface area (Å²) in [5, 5.41) is 9.82.